The normalized spacial score (nSPS) is 19.6. The Morgan fingerprint density at radius 3 is 2.65 bits per heavy atom. The van der Waals surface area contributed by atoms with Gasteiger partial charge in [-0.15, -0.1) is 0 Å². The van der Waals surface area contributed by atoms with Crippen molar-refractivity contribution in [1.29, 1.82) is 0 Å². The first kappa shape index (κ1) is 17.9. The van der Waals surface area contributed by atoms with E-state index in [4.69, 9.17) is 0 Å². The third-order valence-corrected chi connectivity index (χ3v) is 6.00. The van der Waals surface area contributed by atoms with Gasteiger partial charge in [-0.25, -0.2) is 8.42 Å². The van der Waals surface area contributed by atoms with Crippen LogP contribution in [0, 0.1) is 0 Å². The molecule has 1 aliphatic heterocycles. The number of likely N-dealkylation sites (N-methyl/N-ethyl adjacent to an activating group) is 1. The molecule has 1 atom stereocenters. The van der Waals surface area contributed by atoms with Crippen LogP contribution in [0.15, 0.2) is 30.3 Å². The van der Waals surface area contributed by atoms with E-state index in [1.54, 1.807) is 4.90 Å². The van der Waals surface area contributed by atoms with E-state index in [0.29, 0.717) is 13.0 Å². The van der Waals surface area contributed by atoms with Gasteiger partial charge in [0, 0.05) is 12.6 Å². The van der Waals surface area contributed by atoms with E-state index in [-0.39, 0.29) is 30.0 Å². The lowest BCUT2D eigenvalue weighted by Crippen LogP contribution is -2.45. The minimum absolute atomic E-state index is 0.00527. The molecule has 1 unspecified atom stereocenters. The number of rotatable bonds is 8. The van der Waals surface area contributed by atoms with E-state index in [0.717, 1.165) is 19.4 Å². The molecule has 1 amide bonds. The van der Waals surface area contributed by atoms with Crippen LogP contribution in [0.1, 0.15) is 25.3 Å². The van der Waals surface area contributed by atoms with Crippen LogP contribution in [-0.4, -0.2) is 56.4 Å². The predicted octanol–water partition coefficient (Wildman–Crippen LogP) is 1.24. The number of aryl methyl sites for hydroxylation is 1. The molecule has 0 saturated carbocycles. The monoisotopic (exact) mass is 338 g/mol. The molecule has 0 aromatic heterocycles. The summed E-state index contributed by atoms with van der Waals surface area (Å²) in [6.07, 6.45) is 2.53. The maximum absolute atomic E-state index is 12.3. The number of sulfone groups is 1. The van der Waals surface area contributed by atoms with Crippen LogP contribution in [0.2, 0.25) is 0 Å². The molecule has 1 aliphatic rings. The van der Waals surface area contributed by atoms with E-state index in [9.17, 15) is 13.2 Å². The molecule has 1 N–H and O–H groups in total. The van der Waals surface area contributed by atoms with Crippen LogP contribution in [0.3, 0.4) is 0 Å². The van der Waals surface area contributed by atoms with Crippen molar-refractivity contribution in [1.82, 2.24) is 10.2 Å². The average molecular weight is 338 g/mol. The van der Waals surface area contributed by atoms with Crippen molar-refractivity contribution in [3.63, 3.8) is 0 Å². The van der Waals surface area contributed by atoms with Crippen LogP contribution in [-0.2, 0) is 21.1 Å². The molecule has 1 aromatic rings. The lowest BCUT2D eigenvalue weighted by atomic mass is 10.1. The second kappa shape index (κ2) is 8.45. The van der Waals surface area contributed by atoms with Gasteiger partial charge in [-0.1, -0.05) is 30.3 Å². The summed E-state index contributed by atoms with van der Waals surface area (Å²) < 4.78 is 23.1. The zero-order valence-electron chi connectivity index (χ0n) is 13.7. The standard InChI is InChI=1S/C17H26N2O3S/c1-2-19(16-10-12-23(21,22)14-16)17(20)13-18-11-6-9-15-7-4-3-5-8-15/h3-5,7-8,16,18H,2,6,9-14H2,1H3. The Bertz CT molecular complexity index is 602. The highest BCUT2D eigenvalue weighted by Crippen LogP contribution is 2.17. The predicted molar refractivity (Wildman–Crippen MR) is 92.1 cm³/mol. The second-order valence-corrected chi connectivity index (χ2v) is 8.23. The van der Waals surface area contributed by atoms with Gasteiger partial charge in [-0.05, 0) is 38.3 Å². The van der Waals surface area contributed by atoms with Gasteiger partial charge in [0.05, 0.1) is 18.1 Å². The summed E-state index contributed by atoms with van der Waals surface area (Å²) in [6, 6.07) is 10.1. The fourth-order valence-corrected chi connectivity index (χ4v) is 4.75. The largest absolute Gasteiger partial charge is 0.338 e. The van der Waals surface area contributed by atoms with Gasteiger partial charge >= 0.3 is 0 Å². The first-order valence-corrected chi connectivity index (χ1v) is 10.1. The molecule has 23 heavy (non-hydrogen) atoms. The molecule has 0 radical (unpaired) electrons. The van der Waals surface area contributed by atoms with Crippen molar-refractivity contribution in [2.75, 3.05) is 31.1 Å². The first-order valence-electron chi connectivity index (χ1n) is 8.26. The fraction of sp³-hybridized carbons (Fsp3) is 0.588. The summed E-state index contributed by atoms with van der Waals surface area (Å²) in [4.78, 5) is 14.0. The summed E-state index contributed by atoms with van der Waals surface area (Å²) in [5, 5.41) is 3.17. The van der Waals surface area contributed by atoms with Crippen molar-refractivity contribution < 1.29 is 13.2 Å². The van der Waals surface area contributed by atoms with E-state index in [1.807, 2.05) is 25.1 Å². The smallest absolute Gasteiger partial charge is 0.236 e. The molecule has 128 valence electrons. The minimum Gasteiger partial charge on any atom is -0.338 e. The SMILES string of the molecule is CCN(C(=O)CNCCCc1ccccc1)C1CCS(=O)(=O)C1. The number of hydrogen-bond acceptors (Lipinski definition) is 4. The van der Waals surface area contributed by atoms with Gasteiger partial charge in [-0.2, -0.15) is 0 Å². The van der Waals surface area contributed by atoms with Crippen LogP contribution < -0.4 is 5.32 Å². The molecule has 6 heteroatoms. The van der Waals surface area contributed by atoms with Crippen molar-refractivity contribution in [2.24, 2.45) is 0 Å². The maximum atomic E-state index is 12.3. The molecule has 5 nitrogen and oxygen atoms in total. The van der Waals surface area contributed by atoms with Crippen molar-refractivity contribution >= 4 is 15.7 Å². The Morgan fingerprint density at radius 2 is 2.04 bits per heavy atom. The number of carbonyl (C=O) groups is 1. The maximum Gasteiger partial charge on any atom is 0.236 e. The quantitative estimate of drug-likeness (QED) is 0.725. The number of nitrogens with zero attached hydrogens (tertiary/aromatic N) is 1. The number of hydrogen-bond donors (Lipinski definition) is 1. The number of nitrogens with one attached hydrogen (secondary N) is 1. The molecule has 2 rings (SSSR count). The Morgan fingerprint density at radius 1 is 1.30 bits per heavy atom. The Kier molecular flexibility index (Phi) is 6.59. The molecule has 1 fully saturated rings. The summed E-state index contributed by atoms with van der Waals surface area (Å²) in [6.45, 7) is 3.52. The summed E-state index contributed by atoms with van der Waals surface area (Å²) in [5.74, 6) is 0.307. The Hall–Kier alpha value is -1.40. The number of benzene rings is 1. The Labute approximate surface area is 139 Å². The molecule has 1 saturated heterocycles. The highest BCUT2D eigenvalue weighted by Gasteiger charge is 2.33. The van der Waals surface area contributed by atoms with Crippen molar-refractivity contribution in [2.45, 2.75) is 32.2 Å². The van der Waals surface area contributed by atoms with Crippen molar-refractivity contribution in [3.05, 3.63) is 35.9 Å². The molecular weight excluding hydrogens is 312 g/mol. The topological polar surface area (TPSA) is 66.5 Å². The van der Waals surface area contributed by atoms with Crippen LogP contribution in [0.4, 0.5) is 0 Å². The highest BCUT2D eigenvalue weighted by atomic mass is 32.2. The van der Waals surface area contributed by atoms with Crippen LogP contribution in [0.5, 0.6) is 0 Å². The summed E-state index contributed by atoms with van der Waals surface area (Å²) in [7, 11) is -2.96. The summed E-state index contributed by atoms with van der Waals surface area (Å²) in [5.41, 5.74) is 1.30. The summed E-state index contributed by atoms with van der Waals surface area (Å²) >= 11 is 0. The van der Waals surface area contributed by atoms with E-state index in [2.05, 4.69) is 17.4 Å². The van der Waals surface area contributed by atoms with Gasteiger partial charge in [-0.3, -0.25) is 4.79 Å². The lowest BCUT2D eigenvalue weighted by Gasteiger charge is -2.27. The van der Waals surface area contributed by atoms with Gasteiger partial charge < -0.3 is 10.2 Å². The van der Waals surface area contributed by atoms with E-state index in [1.165, 1.54) is 5.56 Å². The van der Waals surface area contributed by atoms with Gasteiger partial charge in [0.1, 0.15) is 0 Å². The molecule has 1 aromatic carbocycles. The zero-order valence-corrected chi connectivity index (χ0v) is 14.5. The molecule has 0 aliphatic carbocycles. The third kappa shape index (κ3) is 5.62. The van der Waals surface area contributed by atoms with E-state index >= 15 is 0 Å². The molecule has 0 bridgehead atoms. The first-order chi connectivity index (χ1) is 11.0. The zero-order chi connectivity index (χ0) is 16.7. The molecular formula is C17H26N2O3S. The fourth-order valence-electron chi connectivity index (χ4n) is 3.02. The average Bonchev–Trinajstić information content (AvgIpc) is 2.88. The van der Waals surface area contributed by atoms with Gasteiger partial charge in [0.25, 0.3) is 0 Å². The number of carbonyl (C=O) groups excluding carboxylic acids is 1. The van der Waals surface area contributed by atoms with Crippen molar-refractivity contribution in [3.8, 4) is 0 Å². The molecule has 0 spiro atoms. The Balaban J connectivity index is 1.69. The minimum atomic E-state index is -2.96. The highest BCUT2D eigenvalue weighted by molar-refractivity contribution is 7.91. The van der Waals surface area contributed by atoms with Crippen LogP contribution >= 0.6 is 0 Å². The van der Waals surface area contributed by atoms with Gasteiger partial charge in [0.15, 0.2) is 9.84 Å². The van der Waals surface area contributed by atoms with E-state index < -0.39 is 9.84 Å². The lowest BCUT2D eigenvalue weighted by molar-refractivity contribution is -0.131. The van der Waals surface area contributed by atoms with Crippen LogP contribution in [0.25, 0.3) is 0 Å². The molecule has 1 heterocycles. The second-order valence-electron chi connectivity index (χ2n) is 6.00. The third-order valence-electron chi connectivity index (χ3n) is 4.25. The van der Waals surface area contributed by atoms with Gasteiger partial charge in [0.2, 0.25) is 5.91 Å². The number of amides is 1.